The summed E-state index contributed by atoms with van der Waals surface area (Å²) in [6, 6.07) is 0.927. The van der Waals surface area contributed by atoms with Crippen LogP contribution in [0.5, 0.6) is 0 Å². The minimum atomic E-state index is -3.29. The largest absolute Gasteiger partial charge is 0.380 e. The molecule has 0 unspecified atom stereocenters. The summed E-state index contributed by atoms with van der Waals surface area (Å²) in [4.78, 5) is 0. The highest BCUT2D eigenvalue weighted by Crippen LogP contribution is 2.57. The fourth-order valence-corrected chi connectivity index (χ4v) is 2.06. The summed E-state index contributed by atoms with van der Waals surface area (Å²) in [5, 5.41) is 0. The van der Waals surface area contributed by atoms with E-state index in [-0.39, 0.29) is 0 Å². The van der Waals surface area contributed by atoms with Crippen LogP contribution in [0.4, 0.5) is 0 Å². The van der Waals surface area contributed by atoms with Gasteiger partial charge < -0.3 is 4.52 Å². The summed E-state index contributed by atoms with van der Waals surface area (Å²) in [7, 11) is -1.12. The fourth-order valence-electron chi connectivity index (χ4n) is 0.458. The molecule has 11 heavy (non-hydrogen) atoms. The second-order valence-electron chi connectivity index (χ2n) is 3.56. The maximum absolute atomic E-state index is 10.6. The predicted octanol–water partition coefficient (Wildman–Crippen LogP) is 3.93. The second kappa shape index (κ2) is 4.29. The van der Waals surface area contributed by atoms with Crippen LogP contribution < -0.4 is 0 Å². The molecular formula is C5H13Cl2O2PSi. The Kier molecular flexibility index (Phi) is 4.67. The standard InChI is InChI=1S/C5H13Cl2O2PSi/c1-11(2,3)5-4-9-10(6,7)8/h4-5H2,1-3H3. The van der Waals surface area contributed by atoms with Crippen molar-refractivity contribution in [1.29, 1.82) is 0 Å². The zero-order chi connectivity index (χ0) is 9.12. The van der Waals surface area contributed by atoms with Gasteiger partial charge in [0.15, 0.2) is 0 Å². The third-order valence-electron chi connectivity index (χ3n) is 1.09. The first-order valence-corrected chi connectivity index (χ1v) is 10.5. The van der Waals surface area contributed by atoms with Gasteiger partial charge in [-0.15, -0.1) is 0 Å². The Morgan fingerprint density at radius 1 is 1.36 bits per heavy atom. The molecular weight excluding hydrogens is 222 g/mol. The molecule has 68 valence electrons. The van der Waals surface area contributed by atoms with Gasteiger partial charge in [0, 0.05) is 8.07 Å². The first kappa shape index (κ1) is 12.0. The number of hydrogen-bond acceptors (Lipinski definition) is 2. The Hall–Kier alpha value is 0.987. The van der Waals surface area contributed by atoms with Crippen LogP contribution in [0, 0.1) is 0 Å². The van der Waals surface area contributed by atoms with Crippen molar-refractivity contribution in [2.75, 3.05) is 6.61 Å². The van der Waals surface area contributed by atoms with Crippen LogP contribution in [0.1, 0.15) is 0 Å². The molecule has 0 saturated carbocycles. The summed E-state index contributed by atoms with van der Waals surface area (Å²) in [5.41, 5.74) is 0. The highest BCUT2D eigenvalue weighted by molar-refractivity contribution is 8.05. The van der Waals surface area contributed by atoms with Crippen molar-refractivity contribution in [3.05, 3.63) is 0 Å². The van der Waals surface area contributed by atoms with E-state index in [1.165, 1.54) is 0 Å². The summed E-state index contributed by atoms with van der Waals surface area (Å²) < 4.78 is 15.4. The van der Waals surface area contributed by atoms with E-state index in [0.717, 1.165) is 6.04 Å². The van der Waals surface area contributed by atoms with Crippen LogP contribution in [0.25, 0.3) is 0 Å². The maximum Gasteiger partial charge on any atom is 0.380 e. The van der Waals surface area contributed by atoms with E-state index in [1.54, 1.807) is 0 Å². The van der Waals surface area contributed by atoms with Gasteiger partial charge in [-0.1, -0.05) is 19.6 Å². The molecule has 0 saturated heterocycles. The highest BCUT2D eigenvalue weighted by Gasteiger charge is 2.18. The third kappa shape index (κ3) is 11.0. The topological polar surface area (TPSA) is 26.3 Å². The van der Waals surface area contributed by atoms with E-state index in [1.807, 2.05) is 0 Å². The van der Waals surface area contributed by atoms with E-state index in [2.05, 4.69) is 19.6 Å². The molecule has 0 atom stereocenters. The molecule has 6 heteroatoms. The van der Waals surface area contributed by atoms with Crippen LogP contribution in [-0.2, 0) is 9.09 Å². The van der Waals surface area contributed by atoms with Crippen LogP contribution in [0.15, 0.2) is 0 Å². The Balaban J connectivity index is 3.52. The minimum absolute atomic E-state index is 0.403. The smallest absolute Gasteiger partial charge is 0.307 e. The molecule has 0 amide bonds. The zero-order valence-corrected chi connectivity index (χ0v) is 10.3. The molecule has 2 nitrogen and oxygen atoms in total. The second-order valence-corrected chi connectivity index (χ2v) is 13.5. The van der Waals surface area contributed by atoms with Gasteiger partial charge in [-0.05, 0) is 28.5 Å². The first-order chi connectivity index (χ1) is 4.71. The van der Waals surface area contributed by atoms with Crippen molar-refractivity contribution in [2.24, 2.45) is 0 Å². The molecule has 0 heterocycles. The Morgan fingerprint density at radius 2 is 1.82 bits per heavy atom. The van der Waals surface area contributed by atoms with E-state index in [0.29, 0.717) is 6.61 Å². The molecule has 0 aromatic heterocycles. The Morgan fingerprint density at radius 3 is 2.09 bits per heavy atom. The lowest BCUT2D eigenvalue weighted by Gasteiger charge is -2.15. The first-order valence-electron chi connectivity index (χ1n) is 3.35. The summed E-state index contributed by atoms with van der Waals surface area (Å²) in [5.74, 6) is 0. The van der Waals surface area contributed by atoms with Crippen molar-refractivity contribution in [2.45, 2.75) is 25.7 Å². The lowest BCUT2D eigenvalue weighted by molar-refractivity contribution is 0.354. The monoisotopic (exact) mass is 234 g/mol. The molecule has 0 aromatic carbocycles. The van der Waals surface area contributed by atoms with Gasteiger partial charge in [0.05, 0.1) is 6.61 Å². The Bertz CT molecular complexity index is 162. The average molecular weight is 235 g/mol. The van der Waals surface area contributed by atoms with Gasteiger partial charge in [-0.2, -0.15) is 0 Å². The van der Waals surface area contributed by atoms with Gasteiger partial charge in [0.25, 0.3) is 0 Å². The minimum Gasteiger partial charge on any atom is -0.307 e. The van der Waals surface area contributed by atoms with Crippen LogP contribution in [0.2, 0.25) is 25.7 Å². The van der Waals surface area contributed by atoms with E-state index < -0.39 is 14.1 Å². The average Bonchev–Trinajstić information content (AvgIpc) is 1.55. The maximum atomic E-state index is 10.6. The summed E-state index contributed by atoms with van der Waals surface area (Å²) in [6.07, 6.45) is -3.29. The van der Waals surface area contributed by atoms with E-state index in [9.17, 15) is 4.57 Å². The SMILES string of the molecule is C[Si](C)(C)CCOP(=O)(Cl)Cl. The van der Waals surface area contributed by atoms with Gasteiger partial charge in [0.1, 0.15) is 0 Å². The molecule has 0 N–H and O–H groups in total. The molecule has 0 bridgehead atoms. The summed E-state index contributed by atoms with van der Waals surface area (Å²) in [6.45, 7) is 7.00. The molecule has 0 fully saturated rings. The van der Waals surface area contributed by atoms with Crippen molar-refractivity contribution in [1.82, 2.24) is 0 Å². The van der Waals surface area contributed by atoms with Crippen LogP contribution >= 0.6 is 28.6 Å². The van der Waals surface area contributed by atoms with Crippen molar-refractivity contribution >= 4 is 36.6 Å². The molecule has 0 aliphatic rings. The molecule has 0 aliphatic carbocycles. The van der Waals surface area contributed by atoms with Gasteiger partial charge in [-0.3, -0.25) is 4.57 Å². The van der Waals surface area contributed by atoms with E-state index >= 15 is 0 Å². The highest BCUT2D eigenvalue weighted by atomic mass is 35.9. The van der Waals surface area contributed by atoms with Crippen LogP contribution in [0.3, 0.4) is 0 Å². The fraction of sp³-hybridized carbons (Fsp3) is 1.00. The normalized spacial score (nSPS) is 13.5. The van der Waals surface area contributed by atoms with Gasteiger partial charge in [0.2, 0.25) is 0 Å². The lowest BCUT2D eigenvalue weighted by atomic mass is 10.9. The molecule has 0 rings (SSSR count). The number of hydrogen-bond donors (Lipinski definition) is 0. The number of rotatable bonds is 4. The summed E-state index contributed by atoms with van der Waals surface area (Å²) >= 11 is 10.4. The van der Waals surface area contributed by atoms with Crippen molar-refractivity contribution in [3.63, 3.8) is 0 Å². The van der Waals surface area contributed by atoms with Crippen molar-refractivity contribution < 1.29 is 9.09 Å². The van der Waals surface area contributed by atoms with Crippen LogP contribution in [-0.4, -0.2) is 14.7 Å². The molecule has 0 aliphatic heterocycles. The van der Waals surface area contributed by atoms with E-state index in [4.69, 9.17) is 27.0 Å². The Labute approximate surface area is 78.3 Å². The van der Waals surface area contributed by atoms with Crippen molar-refractivity contribution in [3.8, 4) is 0 Å². The predicted molar refractivity (Wildman–Crippen MR) is 53.4 cm³/mol. The molecule has 0 radical (unpaired) electrons. The quantitative estimate of drug-likeness (QED) is 0.545. The van der Waals surface area contributed by atoms with Gasteiger partial charge >= 0.3 is 6.07 Å². The molecule has 0 spiro atoms. The lowest BCUT2D eigenvalue weighted by Crippen LogP contribution is -2.20. The molecule has 0 aromatic rings. The zero-order valence-electron chi connectivity index (χ0n) is 6.93. The van der Waals surface area contributed by atoms with Gasteiger partial charge in [-0.25, -0.2) is 0 Å². The number of halogens is 2. The third-order valence-corrected chi connectivity index (χ3v) is 3.87.